The number of rotatable bonds is 11. The van der Waals surface area contributed by atoms with Crippen LogP contribution in [0.25, 0.3) is 0 Å². The number of methoxy groups -OCH3 is 1. The van der Waals surface area contributed by atoms with Gasteiger partial charge in [-0.05, 0) is 69.3 Å². The van der Waals surface area contributed by atoms with Crippen LogP contribution in [0.4, 0.5) is 5.69 Å². The zero-order valence-corrected chi connectivity index (χ0v) is 24.4. The molecule has 1 atom stereocenters. The lowest BCUT2D eigenvalue weighted by atomic mass is 10.1. The number of nitrogens with one attached hydrogen (secondary N) is 1. The third kappa shape index (κ3) is 7.44. The number of hydrogen-bond donors (Lipinski definition) is 1. The van der Waals surface area contributed by atoms with E-state index in [0.717, 1.165) is 4.31 Å². The average Bonchev–Trinajstić information content (AvgIpc) is 2.91. The molecule has 0 fully saturated rings. The quantitative estimate of drug-likeness (QED) is 0.333. The minimum Gasteiger partial charge on any atom is -0.497 e. The summed E-state index contributed by atoms with van der Waals surface area (Å²) in [5.41, 5.74) is 0.735. The fourth-order valence-electron chi connectivity index (χ4n) is 3.84. The van der Waals surface area contributed by atoms with E-state index in [1.807, 2.05) is 0 Å². The van der Waals surface area contributed by atoms with Crippen LogP contribution in [0.15, 0.2) is 77.7 Å². The fourth-order valence-corrected chi connectivity index (χ4v) is 5.77. The Hall–Kier alpha value is -3.27. The molecule has 3 aromatic carbocycles. The number of amides is 2. The van der Waals surface area contributed by atoms with Crippen LogP contribution in [0.1, 0.15) is 26.3 Å². The lowest BCUT2D eigenvalue weighted by molar-refractivity contribution is -0.139. The standard InChI is InChI=1S/C28H31Cl2N3O5S/c1-19(2)31-28(35)20(3)32(17-24-25(29)11-8-12-26(24)30)27(34)18-33(21-9-6-5-7-10-21)39(36,37)23-15-13-22(38-4)14-16-23/h5-16,19-20H,17-18H2,1-4H3,(H,31,35). The molecule has 3 rings (SSSR count). The monoisotopic (exact) mass is 591 g/mol. The molecule has 0 heterocycles. The van der Waals surface area contributed by atoms with Crippen molar-refractivity contribution < 1.29 is 22.7 Å². The van der Waals surface area contributed by atoms with Gasteiger partial charge >= 0.3 is 0 Å². The van der Waals surface area contributed by atoms with Gasteiger partial charge < -0.3 is 15.0 Å². The van der Waals surface area contributed by atoms with Crippen LogP contribution < -0.4 is 14.4 Å². The van der Waals surface area contributed by atoms with Crippen molar-refractivity contribution in [2.75, 3.05) is 18.0 Å². The van der Waals surface area contributed by atoms with E-state index in [4.69, 9.17) is 27.9 Å². The number of hydrogen-bond acceptors (Lipinski definition) is 5. The van der Waals surface area contributed by atoms with E-state index >= 15 is 0 Å². The van der Waals surface area contributed by atoms with Crippen molar-refractivity contribution in [3.63, 3.8) is 0 Å². The molecular formula is C28H31Cl2N3O5S. The highest BCUT2D eigenvalue weighted by Crippen LogP contribution is 2.28. The van der Waals surface area contributed by atoms with E-state index < -0.39 is 34.4 Å². The average molecular weight is 593 g/mol. The Labute approximate surface area is 239 Å². The van der Waals surface area contributed by atoms with Crippen molar-refractivity contribution in [2.45, 2.75) is 44.3 Å². The van der Waals surface area contributed by atoms with Gasteiger partial charge in [0.25, 0.3) is 10.0 Å². The largest absolute Gasteiger partial charge is 0.497 e. The summed E-state index contributed by atoms with van der Waals surface area (Å²) in [4.78, 5) is 28.1. The van der Waals surface area contributed by atoms with E-state index in [-0.39, 0.29) is 23.2 Å². The third-order valence-corrected chi connectivity index (χ3v) is 8.46. The SMILES string of the molecule is COc1ccc(S(=O)(=O)N(CC(=O)N(Cc2c(Cl)cccc2Cl)C(C)C(=O)NC(C)C)c2ccccc2)cc1. The van der Waals surface area contributed by atoms with Crippen LogP contribution in [0.2, 0.25) is 10.0 Å². The summed E-state index contributed by atoms with van der Waals surface area (Å²) in [6, 6.07) is 18.0. The van der Waals surface area contributed by atoms with Crippen LogP contribution in [0.5, 0.6) is 5.75 Å². The molecule has 1 N–H and O–H groups in total. The van der Waals surface area contributed by atoms with Crippen LogP contribution in [-0.2, 0) is 26.2 Å². The van der Waals surface area contributed by atoms with E-state index in [2.05, 4.69) is 5.32 Å². The van der Waals surface area contributed by atoms with Crippen molar-refractivity contribution >= 4 is 50.7 Å². The highest BCUT2D eigenvalue weighted by Gasteiger charge is 2.33. The number of halogens is 2. The fraction of sp³-hybridized carbons (Fsp3) is 0.286. The van der Waals surface area contributed by atoms with Gasteiger partial charge in [0.15, 0.2) is 0 Å². The van der Waals surface area contributed by atoms with E-state index in [9.17, 15) is 18.0 Å². The van der Waals surface area contributed by atoms with Crippen molar-refractivity contribution in [3.8, 4) is 5.75 Å². The first-order valence-electron chi connectivity index (χ1n) is 12.2. The van der Waals surface area contributed by atoms with Gasteiger partial charge in [-0.25, -0.2) is 8.42 Å². The highest BCUT2D eigenvalue weighted by atomic mass is 35.5. The molecule has 11 heteroatoms. The summed E-state index contributed by atoms with van der Waals surface area (Å²) in [7, 11) is -2.70. The molecule has 2 amide bonds. The molecule has 0 bridgehead atoms. The van der Waals surface area contributed by atoms with E-state index in [0.29, 0.717) is 21.4 Å². The molecule has 0 saturated carbocycles. The molecule has 0 radical (unpaired) electrons. The maximum Gasteiger partial charge on any atom is 0.264 e. The predicted octanol–water partition coefficient (Wildman–Crippen LogP) is 5.14. The Kier molecular flexibility index (Phi) is 10.2. The number of carbonyl (C=O) groups is 2. The first kappa shape index (κ1) is 30.3. The summed E-state index contributed by atoms with van der Waals surface area (Å²) < 4.78 is 33.8. The van der Waals surface area contributed by atoms with Crippen LogP contribution in [-0.4, -0.2) is 50.9 Å². The summed E-state index contributed by atoms with van der Waals surface area (Å²) in [6.45, 7) is 4.51. The minimum atomic E-state index is -4.18. The second kappa shape index (κ2) is 13.2. The van der Waals surface area contributed by atoms with Gasteiger partial charge in [0.05, 0.1) is 17.7 Å². The zero-order chi connectivity index (χ0) is 28.7. The second-order valence-electron chi connectivity index (χ2n) is 9.08. The molecule has 1 unspecified atom stereocenters. The smallest absolute Gasteiger partial charge is 0.264 e. The van der Waals surface area contributed by atoms with Crippen LogP contribution in [0, 0.1) is 0 Å². The summed E-state index contributed by atoms with van der Waals surface area (Å²) in [5, 5.41) is 3.45. The third-order valence-electron chi connectivity index (χ3n) is 5.96. The molecule has 0 aliphatic rings. The number of anilines is 1. The van der Waals surface area contributed by atoms with Gasteiger partial charge in [-0.2, -0.15) is 0 Å². The predicted molar refractivity (Wildman–Crippen MR) is 154 cm³/mol. The molecular weight excluding hydrogens is 561 g/mol. The molecule has 208 valence electrons. The van der Waals surface area contributed by atoms with Gasteiger partial charge in [-0.15, -0.1) is 0 Å². The maximum absolute atomic E-state index is 13.9. The number of nitrogens with zero attached hydrogens (tertiary/aromatic N) is 2. The Morgan fingerprint density at radius 1 is 0.897 bits per heavy atom. The Morgan fingerprint density at radius 2 is 1.49 bits per heavy atom. The molecule has 8 nitrogen and oxygen atoms in total. The van der Waals surface area contributed by atoms with Gasteiger partial charge in [0, 0.05) is 28.2 Å². The summed E-state index contributed by atoms with van der Waals surface area (Å²) in [5.74, 6) is -0.520. The molecule has 0 saturated heterocycles. The Morgan fingerprint density at radius 3 is 2.03 bits per heavy atom. The van der Waals surface area contributed by atoms with Crippen molar-refractivity contribution in [2.24, 2.45) is 0 Å². The number of ether oxygens (including phenoxy) is 1. The molecule has 3 aromatic rings. The summed E-state index contributed by atoms with van der Waals surface area (Å²) in [6.07, 6.45) is 0. The Balaban J connectivity index is 2.04. The molecule has 0 aromatic heterocycles. The Bertz CT molecular complexity index is 1380. The molecule has 0 spiro atoms. The number of para-hydroxylation sites is 1. The lowest BCUT2D eigenvalue weighted by Crippen LogP contribution is -2.52. The van der Waals surface area contributed by atoms with E-state index in [1.54, 1.807) is 69.3 Å². The normalized spacial score (nSPS) is 12.1. The van der Waals surface area contributed by atoms with Gasteiger partial charge in [-0.3, -0.25) is 13.9 Å². The molecule has 0 aliphatic carbocycles. The molecule has 0 aliphatic heterocycles. The van der Waals surface area contributed by atoms with Crippen LogP contribution in [0.3, 0.4) is 0 Å². The highest BCUT2D eigenvalue weighted by molar-refractivity contribution is 7.92. The summed E-state index contributed by atoms with van der Waals surface area (Å²) >= 11 is 12.8. The van der Waals surface area contributed by atoms with Gasteiger partial charge in [-0.1, -0.05) is 47.5 Å². The van der Waals surface area contributed by atoms with Crippen molar-refractivity contribution in [3.05, 3.63) is 88.4 Å². The number of sulfonamides is 1. The first-order valence-corrected chi connectivity index (χ1v) is 14.4. The zero-order valence-electron chi connectivity index (χ0n) is 22.1. The van der Waals surface area contributed by atoms with Crippen LogP contribution >= 0.6 is 23.2 Å². The van der Waals surface area contributed by atoms with Gasteiger partial charge in [0.2, 0.25) is 11.8 Å². The number of carbonyl (C=O) groups excluding carboxylic acids is 2. The maximum atomic E-state index is 13.9. The number of benzene rings is 3. The van der Waals surface area contributed by atoms with Crippen molar-refractivity contribution in [1.29, 1.82) is 0 Å². The minimum absolute atomic E-state index is 0.0220. The van der Waals surface area contributed by atoms with Gasteiger partial charge in [0.1, 0.15) is 18.3 Å². The van der Waals surface area contributed by atoms with E-state index in [1.165, 1.54) is 36.3 Å². The van der Waals surface area contributed by atoms with Crippen molar-refractivity contribution in [1.82, 2.24) is 10.2 Å². The molecule has 39 heavy (non-hydrogen) atoms. The second-order valence-corrected chi connectivity index (χ2v) is 11.8. The first-order chi connectivity index (χ1) is 18.4. The lowest BCUT2D eigenvalue weighted by Gasteiger charge is -2.32. The topological polar surface area (TPSA) is 96.0 Å².